The molecule has 0 aliphatic heterocycles. The number of ether oxygens (including phenoxy) is 3. The van der Waals surface area contributed by atoms with Crippen molar-refractivity contribution in [2.75, 3.05) is 7.11 Å². The van der Waals surface area contributed by atoms with Crippen LogP contribution in [0.25, 0.3) is 0 Å². The molecule has 1 saturated carbocycles. The Morgan fingerprint density at radius 2 is 1.92 bits per heavy atom. The normalized spacial score (nSPS) is 13.4. The van der Waals surface area contributed by atoms with E-state index < -0.39 is 12.0 Å². The van der Waals surface area contributed by atoms with Gasteiger partial charge < -0.3 is 14.2 Å². The number of benzene rings is 2. The molecular weight excluding hydrogens is 342 g/mol. The van der Waals surface area contributed by atoms with Crippen molar-refractivity contribution in [3.8, 4) is 11.5 Å². The molecule has 0 amide bonds. The van der Waals surface area contributed by atoms with E-state index in [1.807, 2.05) is 13.0 Å². The molecule has 1 aliphatic rings. The van der Waals surface area contributed by atoms with Crippen LogP contribution in [-0.2, 0) is 17.8 Å². The molecule has 138 valence electrons. The average molecular weight is 362 g/mol. The van der Waals surface area contributed by atoms with E-state index in [0.29, 0.717) is 23.7 Å². The van der Waals surface area contributed by atoms with Gasteiger partial charge in [0, 0.05) is 6.07 Å². The maximum Gasteiger partial charge on any atom is 0.513 e. The monoisotopic (exact) mass is 362 g/mol. The van der Waals surface area contributed by atoms with Gasteiger partial charge in [-0.1, -0.05) is 13.0 Å². The van der Waals surface area contributed by atoms with Crippen LogP contribution in [0.4, 0.5) is 13.6 Å². The Balaban J connectivity index is 1.85. The summed E-state index contributed by atoms with van der Waals surface area (Å²) in [5.74, 6) is -0.163. The minimum atomic E-state index is -0.950. The van der Waals surface area contributed by atoms with Gasteiger partial charge in [-0.15, -0.1) is 0 Å². The Bertz CT molecular complexity index is 816. The van der Waals surface area contributed by atoms with Crippen LogP contribution in [0.3, 0.4) is 0 Å². The van der Waals surface area contributed by atoms with Gasteiger partial charge in [-0.05, 0) is 54.5 Å². The van der Waals surface area contributed by atoms with Crippen molar-refractivity contribution in [1.82, 2.24) is 0 Å². The third-order valence-electron chi connectivity index (χ3n) is 4.38. The zero-order valence-electron chi connectivity index (χ0n) is 14.7. The SMILES string of the molecule is CCc1cc(C2CC2)c(OCc2c(F)cccc2OC(=O)OC)cc1F. The van der Waals surface area contributed by atoms with Gasteiger partial charge in [0.2, 0.25) is 0 Å². The fourth-order valence-electron chi connectivity index (χ4n) is 2.78. The molecule has 26 heavy (non-hydrogen) atoms. The standard InChI is InChI=1S/C20H20F2O4/c1-3-12-9-14(13-7-8-13)19(10-17(12)22)25-11-15-16(21)5-4-6-18(15)26-20(23)24-2/h4-6,9-10,13H,3,7-8,11H2,1-2H3. The van der Waals surface area contributed by atoms with Crippen LogP contribution in [0, 0.1) is 11.6 Å². The third kappa shape index (κ3) is 3.95. The molecule has 0 saturated heterocycles. The summed E-state index contributed by atoms with van der Waals surface area (Å²) in [6, 6.07) is 7.29. The second-order valence-corrected chi connectivity index (χ2v) is 6.17. The lowest BCUT2D eigenvalue weighted by atomic mass is 10.0. The second kappa shape index (κ2) is 7.72. The molecule has 2 aromatic carbocycles. The predicted octanol–water partition coefficient (Wildman–Crippen LogP) is 5.13. The smallest absolute Gasteiger partial charge is 0.488 e. The van der Waals surface area contributed by atoms with Gasteiger partial charge in [0.1, 0.15) is 29.7 Å². The summed E-state index contributed by atoms with van der Waals surface area (Å²) in [5, 5.41) is 0. The summed E-state index contributed by atoms with van der Waals surface area (Å²) in [7, 11) is 1.16. The summed E-state index contributed by atoms with van der Waals surface area (Å²) in [4.78, 5) is 11.3. The number of carbonyl (C=O) groups excluding carboxylic acids is 1. The highest BCUT2D eigenvalue weighted by Crippen LogP contribution is 2.45. The van der Waals surface area contributed by atoms with Crippen LogP contribution in [0.1, 0.15) is 42.4 Å². The Hall–Kier alpha value is -2.63. The molecule has 0 aromatic heterocycles. The summed E-state index contributed by atoms with van der Waals surface area (Å²) < 4.78 is 43.5. The first kappa shape index (κ1) is 18.2. The largest absolute Gasteiger partial charge is 0.513 e. The summed E-state index contributed by atoms with van der Waals surface area (Å²) in [6.07, 6.45) is 1.70. The maximum atomic E-state index is 14.2. The van der Waals surface area contributed by atoms with E-state index in [1.165, 1.54) is 24.3 Å². The van der Waals surface area contributed by atoms with Crippen LogP contribution in [-0.4, -0.2) is 13.3 Å². The third-order valence-corrected chi connectivity index (χ3v) is 4.38. The molecule has 3 rings (SSSR count). The lowest BCUT2D eigenvalue weighted by Gasteiger charge is -2.15. The molecular formula is C20H20F2O4. The second-order valence-electron chi connectivity index (χ2n) is 6.17. The van der Waals surface area contributed by atoms with Crippen LogP contribution in [0.5, 0.6) is 11.5 Å². The molecule has 0 radical (unpaired) electrons. The molecule has 1 fully saturated rings. The van der Waals surface area contributed by atoms with Crippen LogP contribution in [0.2, 0.25) is 0 Å². The van der Waals surface area contributed by atoms with Crippen molar-refractivity contribution >= 4 is 6.16 Å². The maximum absolute atomic E-state index is 14.2. The Kier molecular flexibility index (Phi) is 5.40. The first-order chi connectivity index (χ1) is 12.5. The Labute approximate surface area is 150 Å². The quantitative estimate of drug-likeness (QED) is 0.528. The zero-order chi connectivity index (χ0) is 18.7. The van der Waals surface area contributed by atoms with E-state index in [0.717, 1.165) is 25.5 Å². The number of hydrogen-bond donors (Lipinski definition) is 0. The van der Waals surface area contributed by atoms with Crippen LogP contribution in [0.15, 0.2) is 30.3 Å². The number of halogens is 2. The number of rotatable bonds is 6. The van der Waals surface area contributed by atoms with E-state index in [-0.39, 0.29) is 23.7 Å². The topological polar surface area (TPSA) is 44.8 Å². The highest BCUT2D eigenvalue weighted by Gasteiger charge is 2.28. The van der Waals surface area contributed by atoms with E-state index in [1.54, 1.807) is 0 Å². The van der Waals surface area contributed by atoms with Crippen LogP contribution < -0.4 is 9.47 Å². The fraction of sp³-hybridized carbons (Fsp3) is 0.350. The Morgan fingerprint density at radius 3 is 2.58 bits per heavy atom. The summed E-state index contributed by atoms with van der Waals surface area (Å²) in [6.45, 7) is 1.70. The van der Waals surface area contributed by atoms with Crippen molar-refractivity contribution in [2.45, 2.75) is 38.7 Å². The van der Waals surface area contributed by atoms with Gasteiger partial charge in [-0.2, -0.15) is 0 Å². The molecule has 1 aliphatic carbocycles. The molecule has 4 nitrogen and oxygen atoms in total. The molecule has 2 aromatic rings. The molecule has 0 unspecified atom stereocenters. The number of methoxy groups -OCH3 is 1. The number of carbonyl (C=O) groups is 1. The number of hydrogen-bond acceptors (Lipinski definition) is 4. The van der Waals surface area contributed by atoms with Crippen molar-refractivity contribution in [3.63, 3.8) is 0 Å². The van der Waals surface area contributed by atoms with Gasteiger partial charge in [0.25, 0.3) is 0 Å². The molecule has 0 bridgehead atoms. The minimum Gasteiger partial charge on any atom is -0.488 e. The molecule has 6 heteroatoms. The molecule has 0 heterocycles. The van der Waals surface area contributed by atoms with E-state index in [2.05, 4.69) is 4.74 Å². The van der Waals surface area contributed by atoms with E-state index in [4.69, 9.17) is 9.47 Å². The first-order valence-corrected chi connectivity index (χ1v) is 8.51. The summed E-state index contributed by atoms with van der Waals surface area (Å²) in [5.41, 5.74) is 1.65. The van der Waals surface area contributed by atoms with Gasteiger partial charge in [0.15, 0.2) is 0 Å². The molecule has 0 N–H and O–H groups in total. The minimum absolute atomic E-state index is 0.00970. The van der Waals surface area contributed by atoms with E-state index in [9.17, 15) is 13.6 Å². The van der Waals surface area contributed by atoms with Crippen molar-refractivity contribution < 1.29 is 27.8 Å². The van der Waals surface area contributed by atoms with Crippen LogP contribution >= 0.6 is 0 Å². The highest BCUT2D eigenvalue weighted by atomic mass is 19.1. The molecule has 0 spiro atoms. The lowest BCUT2D eigenvalue weighted by molar-refractivity contribution is 0.120. The highest BCUT2D eigenvalue weighted by molar-refractivity contribution is 5.64. The van der Waals surface area contributed by atoms with Gasteiger partial charge in [-0.3, -0.25) is 0 Å². The van der Waals surface area contributed by atoms with E-state index >= 15 is 0 Å². The van der Waals surface area contributed by atoms with Crippen molar-refractivity contribution in [3.05, 3.63) is 58.7 Å². The molecule has 0 atom stereocenters. The van der Waals surface area contributed by atoms with Crippen molar-refractivity contribution in [1.29, 1.82) is 0 Å². The predicted molar refractivity (Wildman–Crippen MR) is 91.5 cm³/mol. The van der Waals surface area contributed by atoms with Crippen molar-refractivity contribution in [2.24, 2.45) is 0 Å². The lowest BCUT2D eigenvalue weighted by Crippen LogP contribution is -2.11. The fourth-order valence-corrected chi connectivity index (χ4v) is 2.78. The number of aryl methyl sites for hydroxylation is 1. The average Bonchev–Trinajstić information content (AvgIpc) is 3.46. The van der Waals surface area contributed by atoms with Gasteiger partial charge >= 0.3 is 6.16 Å². The first-order valence-electron chi connectivity index (χ1n) is 8.51. The van der Waals surface area contributed by atoms with Gasteiger partial charge in [0.05, 0.1) is 12.7 Å². The summed E-state index contributed by atoms with van der Waals surface area (Å²) >= 11 is 0. The van der Waals surface area contributed by atoms with Gasteiger partial charge in [-0.25, -0.2) is 13.6 Å². The zero-order valence-corrected chi connectivity index (χ0v) is 14.7. The Morgan fingerprint density at radius 1 is 1.15 bits per heavy atom.